The number of benzene rings is 1. The van der Waals surface area contributed by atoms with Gasteiger partial charge in [0.05, 0.1) is 10.6 Å². The maximum atomic E-state index is 13.1. The molecule has 0 radical (unpaired) electrons. The van der Waals surface area contributed by atoms with Gasteiger partial charge in [-0.1, -0.05) is 0 Å². The number of halogens is 1. The molecule has 4 heteroatoms. The predicted octanol–water partition coefficient (Wildman–Crippen LogP) is 3.18. The Balaban J connectivity index is 2.08. The number of hydrogen-bond donors (Lipinski definition) is 1. The summed E-state index contributed by atoms with van der Waals surface area (Å²) in [6, 6.07) is 3.08. The monoisotopic (exact) mass is 222 g/mol. The Labute approximate surface area is 92.1 Å². The maximum absolute atomic E-state index is 13.1. The van der Waals surface area contributed by atoms with Crippen molar-refractivity contribution in [1.82, 2.24) is 4.72 Å². The first-order valence-corrected chi connectivity index (χ1v) is 5.87. The predicted molar refractivity (Wildman–Crippen MR) is 59.9 cm³/mol. The maximum Gasteiger partial charge on any atom is 0.124 e. The van der Waals surface area contributed by atoms with Crippen molar-refractivity contribution in [2.24, 2.45) is 10.9 Å². The van der Waals surface area contributed by atoms with Crippen LogP contribution in [-0.2, 0) is 0 Å². The molecule has 2 nitrogen and oxygen atoms in total. The summed E-state index contributed by atoms with van der Waals surface area (Å²) in [6.07, 6.45) is 2.45. The molecule has 78 valence electrons. The van der Waals surface area contributed by atoms with Crippen LogP contribution in [0.5, 0.6) is 0 Å². The zero-order chi connectivity index (χ0) is 10.4. The zero-order valence-electron chi connectivity index (χ0n) is 8.38. The van der Waals surface area contributed by atoms with Crippen LogP contribution < -0.4 is 4.72 Å². The van der Waals surface area contributed by atoms with E-state index in [0.29, 0.717) is 5.92 Å². The Hall–Kier alpha value is -1.03. The fourth-order valence-corrected chi connectivity index (χ4v) is 2.61. The number of rotatable bonds is 1. The van der Waals surface area contributed by atoms with Gasteiger partial charge in [0.15, 0.2) is 0 Å². The Morgan fingerprint density at radius 2 is 2.27 bits per heavy atom. The average molecular weight is 222 g/mol. The molecule has 0 spiro atoms. The Kier molecular flexibility index (Phi) is 1.99. The second kappa shape index (κ2) is 3.23. The van der Waals surface area contributed by atoms with Gasteiger partial charge in [0.1, 0.15) is 11.7 Å². The van der Waals surface area contributed by atoms with Gasteiger partial charge in [0.2, 0.25) is 0 Å². The summed E-state index contributed by atoms with van der Waals surface area (Å²) in [5, 5.41) is 0. The Bertz CT molecular complexity index is 452. The number of nitrogens with zero attached hydrogens (tertiary/aromatic N) is 1. The van der Waals surface area contributed by atoms with Crippen molar-refractivity contribution in [3.63, 3.8) is 0 Å². The van der Waals surface area contributed by atoms with E-state index in [-0.39, 0.29) is 5.82 Å². The molecule has 1 aromatic carbocycles. The molecule has 0 saturated heterocycles. The van der Waals surface area contributed by atoms with E-state index in [0.717, 1.165) is 22.0 Å². The van der Waals surface area contributed by atoms with Crippen LogP contribution in [0, 0.1) is 18.7 Å². The Morgan fingerprint density at radius 3 is 3.00 bits per heavy atom. The van der Waals surface area contributed by atoms with E-state index in [4.69, 9.17) is 0 Å². The van der Waals surface area contributed by atoms with E-state index in [2.05, 4.69) is 9.71 Å². The Morgan fingerprint density at radius 1 is 1.47 bits per heavy atom. The molecular formula is C11H11FN2S. The fraction of sp³-hybridized carbons (Fsp3) is 0.364. The highest BCUT2D eigenvalue weighted by Crippen LogP contribution is 2.39. The molecule has 1 aliphatic heterocycles. The molecular weight excluding hydrogens is 211 g/mol. The number of aryl methyl sites for hydroxylation is 1. The quantitative estimate of drug-likeness (QED) is 0.738. The van der Waals surface area contributed by atoms with Crippen molar-refractivity contribution in [3.8, 4) is 0 Å². The number of aliphatic imine (C=N–C) groups is 1. The lowest BCUT2D eigenvalue weighted by molar-refractivity contribution is 0.623. The smallest absolute Gasteiger partial charge is 0.124 e. The first kappa shape index (κ1) is 9.21. The molecule has 3 rings (SSSR count). The van der Waals surface area contributed by atoms with E-state index in [9.17, 15) is 4.39 Å². The van der Waals surface area contributed by atoms with Gasteiger partial charge in [-0.25, -0.2) is 9.38 Å². The third-order valence-corrected chi connectivity index (χ3v) is 3.53. The van der Waals surface area contributed by atoms with Crippen LogP contribution in [0.25, 0.3) is 0 Å². The van der Waals surface area contributed by atoms with E-state index in [1.165, 1.54) is 30.9 Å². The minimum atomic E-state index is -0.189. The molecule has 1 fully saturated rings. The van der Waals surface area contributed by atoms with Gasteiger partial charge in [-0.3, -0.25) is 0 Å². The lowest BCUT2D eigenvalue weighted by atomic mass is 10.2. The minimum absolute atomic E-state index is 0.189. The van der Waals surface area contributed by atoms with Gasteiger partial charge in [0, 0.05) is 5.92 Å². The molecule has 0 bridgehead atoms. The zero-order valence-corrected chi connectivity index (χ0v) is 9.20. The highest BCUT2D eigenvalue weighted by Gasteiger charge is 2.30. The van der Waals surface area contributed by atoms with E-state index in [1.54, 1.807) is 6.07 Å². The summed E-state index contributed by atoms with van der Waals surface area (Å²) in [4.78, 5) is 5.45. The van der Waals surface area contributed by atoms with Gasteiger partial charge in [0.25, 0.3) is 0 Å². The molecule has 0 amide bonds. The van der Waals surface area contributed by atoms with Crippen LogP contribution in [0.1, 0.15) is 18.4 Å². The molecule has 1 heterocycles. The number of hydrogen-bond acceptors (Lipinski definition) is 3. The summed E-state index contributed by atoms with van der Waals surface area (Å²) < 4.78 is 16.3. The van der Waals surface area contributed by atoms with Crippen molar-refractivity contribution < 1.29 is 4.39 Å². The van der Waals surface area contributed by atoms with Gasteiger partial charge in [-0.15, -0.1) is 0 Å². The molecule has 1 aliphatic carbocycles. The van der Waals surface area contributed by atoms with Crippen LogP contribution in [0.2, 0.25) is 0 Å². The SMILES string of the molecule is Cc1cc(F)cc2c1N=C(C1CC1)NS2. The van der Waals surface area contributed by atoms with Crippen LogP contribution in [-0.4, -0.2) is 5.84 Å². The molecule has 2 aliphatic rings. The number of fused-ring (bicyclic) bond motifs is 1. The van der Waals surface area contributed by atoms with Crippen LogP contribution in [0.15, 0.2) is 22.0 Å². The molecule has 0 aromatic heterocycles. The van der Waals surface area contributed by atoms with Crippen molar-refractivity contribution in [2.75, 3.05) is 0 Å². The first-order valence-electron chi connectivity index (χ1n) is 5.05. The highest BCUT2D eigenvalue weighted by atomic mass is 32.2. The summed E-state index contributed by atoms with van der Waals surface area (Å²) in [6.45, 7) is 1.90. The third kappa shape index (κ3) is 1.63. The topological polar surface area (TPSA) is 24.4 Å². The standard InChI is InChI=1S/C11H11FN2S/c1-6-4-8(12)5-9-10(6)13-11(14-15-9)7-2-3-7/h4-5,7H,2-3H2,1H3,(H,13,14). The van der Waals surface area contributed by atoms with Gasteiger partial charge < -0.3 is 4.72 Å². The minimum Gasteiger partial charge on any atom is -0.313 e. The molecule has 1 saturated carbocycles. The van der Waals surface area contributed by atoms with E-state index in [1.807, 2.05) is 6.92 Å². The van der Waals surface area contributed by atoms with Gasteiger partial charge in [-0.05, 0) is 49.4 Å². The lowest BCUT2D eigenvalue weighted by Gasteiger charge is -2.17. The molecule has 1 N–H and O–H groups in total. The van der Waals surface area contributed by atoms with Crippen molar-refractivity contribution >= 4 is 23.5 Å². The first-order chi connectivity index (χ1) is 7.24. The van der Waals surface area contributed by atoms with Crippen molar-refractivity contribution in [2.45, 2.75) is 24.7 Å². The van der Waals surface area contributed by atoms with Crippen LogP contribution in [0.3, 0.4) is 0 Å². The summed E-state index contributed by atoms with van der Waals surface area (Å²) in [5.74, 6) is 1.47. The van der Waals surface area contributed by atoms with E-state index < -0.39 is 0 Å². The summed E-state index contributed by atoms with van der Waals surface area (Å²) in [5.41, 5.74) is 1.85. The van der Waals surface area contributed by atoms with Gasteiger partial charge >= 0.3 is 0 Å². The second-order valence-electron chi connectivity index (χ2n) is 4.04. The van der Waals surface area contributed by atoms with Gasteiger partial charge in [-0.2, -0.15) is 0 Å². The van der Waals surface area contributed by atoms with Crippen molar-refractivity contribution in [3.05, 3.63) is 23.5 Å². The third-order valence-electron chi connectivity index (χ3n) is 2.69. The summed E-state index contributed by atoms with van der Waals surface area (Å²) >= 11 is 1.47. The molecule has 15 heavy (non-hydrogen) atoms. The number of amidine groups is 1. The van der Waals surface area contributed by atoms with Crippen LogP contribution >= 0.6 is 11.9 Å². The van der Waals surface area contributed by atoms with Crippen LogP contribution in [0.4, 0.5) is 10.1 Å². The molecule has 0 unspecified atom stereocenters. The summed E-state index contributed by atoms with van der Waals surface area (Å²) in [7, 11) is 0. The lowest BCUT2D eigenvalue weighted by Crippen LogP contribution is -2.20. The molecule has 0 atom stereocenters. The molecule has 1 aromatic rings. The number of nitrogens with one attached hydrogen (secondary N) is 1. The highest BCUT2D eigenvalue weighted by molar-refractivity contribution is 7.98. The van der Waals surface area contributed by atoms with E-state index >= 15 is 0 Å². The average Bonchev–Trinajstić information content (AvgIpc) is 3.00. The fourth-order valence-electron chi connectivity index (χ4n) is 1.71. The largest absolute Gasteiger partial charge is 0.313 e. The second-order valence-corrected chi connectivity index (χ2v) is 4.89. The normalized spacial score (nSPS) is 19.2. The van der Waals surface area contributed by atoms with Crippen molar-refractivity contribution in [1.29, 1.82) is 0 Å².